The number of carbonyl (C=O) groups is 1. The summed E-state index contributed by atoms with van der Waals surface area (Å²) in [7, 11) is 0. The first kappa shape index (κ1) is 13.2. The molecule has 0 saturated heterocycles. The lowest BCUT2D eigenvalue weighted by atomic mass is 10.2. The van der Waals surface area contributed by atoms with Gasteiger partial charge in [0.15, 0.2) is 17.4 Å². The fourth-order valence-electron chi connectivity index (χ4n) is 1.97. The van der Waals surface area contributed by atoms with E-state index in [-0.39, 0.29) is 11.3 Å². The van der Waals surface area contributed by atoms with Crippen molar-refractivity contribution in [2.45, 2.75) is 0 Å². The van der Waals surface area contributed by atoms with Crippen LogP contribution in [0.1, 0.15) is 10.4 Å². The third-order valence-electron chi connectivity index (χ3n) is 2.94. The molecule has 1 heterocycles. The van der Waals surface area contributed by atoms with E-state index < -0.39 is 17.4 Å². The lowest BCUT2D eigenvalue weighted by Gasteiger charge is -2.09. The van der Waals surface area contributed by atoms with E-state index in [0.29, 0.717) is 6.29 Å². The molecule has 3 aromatic rings. The summed E-state index contributed by atoms with van der Waals surface area (Å²) in [5.74, 6) is -2.22. The SMILES string of the molecule is O=Cc1cc(F)c(Oc2cnc3ccccc3c2)c(F)c1. The maximum atomic E-state index is 13.8. The van der Waals surface area contributed by atoms with Gasteiger partial charge in [-0.3, -0.25) is 9.78 Å². The van der Waals surface area contributed by atoms with Gasteiger partial charge in [0.2, 0.25) is 0 Å². The van der Waals surface area contributed by atoms with Crippen LogP contribution < -0.4 is 4.74 Å². The monoisotopic (exact) mass is 285 g/mol. The number of carbonyl (C=O) groups excluding carboxylic acids is 1. The Kier molecular flexibility index (Phi) is 3.31. The number of rotatable bonds is 3. The van der Waals surface area contributed by atoms with Crippen LogP contribution >= 0.6 is 0 Å². The topological polar surface area (TPSA) is 39.2 Å². The summed E-state index contributed by atoms with van der Waals surface area (Å²) in [4.78, 5) is 14.7. The number of pyridine rings is 1. The maximum Gasteiger partial charge on any atom is 0.198 e. The van der Waals surface area contributed by atoms with Crippen LogP contribution in [0.3, 0.4) is 0 Å². The molecule has 21 heavy (non-hydrogen) atoms. The average molecular weight is 285 g/mol. The standard InChI is InChI=1S/C16H9F2NO2/c17-13-5-10(9-20)6-14(18)16(13)21-12-7-11-3-1-2-4-15(11)19-8-12/h1-9H. The van der Waals surface area contributed by atoms with Crippen molar-refractivity contribution >= 4 is 17.2 Å². The van der Waals surface area contributed by atoms with E-state index in [1.165, 1.54) is 6.20 Å². The molecule has 0 fully saturated rings. The van der Waals surface area contributed by atoms with Gasteiger partial charge in [0.05, 0.1) is 11.7 Å². The highest BCUT2D eigenvalue weighted by atomic mass is 19.1. The molecule has 1 aromatic heterocycles. The van der Waals surface area contributed by atoms with E-state index in [2.05, 4.69) is 4.98 Å². The molecule has 3 rings (SSSR count). The molecule has 0 amide bonds. The Morgan fingerprint density at radius 1 is 1.05 bits per heavy atom. The van der Waals surface area contributed by atoms with Gasteiger partial charge in [0, 0.05) is 10.9 Å². The number of para-hydroxylation sites is 1. The number of benzene rings is 2. The van der Waals surface area contributed by atoms with Crippen molar-refractivity contribution in [3.8, 4) is 11.5 Å². The third-order valence-corrected chi connectivity index (χ3v) is 2.94. The molecule has 0 bridgehead atoms. The van der Waals surface area contributed by atoms with Gasteiger partial charge in [-0.05, 0) is 24.3 Å². The second-order valence-corrected chi connectivity index (χ2v) is 4.40. The highest BCUT2D eigenvalue weighted by Crippen LogP contribution is 2.29. The van der Waals surface area contributed by atoms with Gasteiger partial charge in [-0.25, -0.2) is 8.78 Å². The lowest BCUT2D eigenvalue weighted by Crippen LogP contribution is -1.95. The Hall–Kier alpha value is -2.82. The molecule has 0 aliphatic carbocycles. The highest BCUT2D eigenvalue weighted by Gasteiger charge is 2.14. The zero-order chi connectivity index (χ0) is 14.8. The first-order valence-electron chi connectivity index (χ1n) is 6.14. The van der Waals surface area contributed by atoms with Crippen molar-refractivity contribution < 1.29 is 18.3 Å². The molecule has 5 heteroatoms. The molecular weight excluding hydrogens is 276 g/mol. The number of hydrogen-bond donors (Lipinski definition) is 0. The molecule has 0 N–H and O–H groups in total. The van der Waals surface area contributed by atoms with Crippen LogP contribution in [-0.2, 0) is 0 Å². The molecule has 104 valence electrons. The maximum absolute atomic E-state index is 13.8. The van der Waals surface area contributed by atoms with Crippen molar-refractivity contribution in [1.82, 2.24) is 4.98 Å². The van der Waals surface area contributed by atoms with Crippen LogP contribution in [0.15, 0.2) is 48.7 Å². The molecule has 0 aliphatic rings. The Bertz CT molecular complexity index is 810. The van der Waals surface area contributed by atoms with Crippen LogP contribution in [0.4, 0.5) is 8.78 Å². The molecule has 3 nitrogen and oxygen atoms in total. The molecule has 0 aliphatic heterocycles. The van der Waals surface area contributed by atoms with Crippen LogP contribution in [0.25, 0.3) is 10.9 Å². The average Bonchev–Trinajstić information content (AvgIpc) is 2.50. The minimum Gasteiger partial charge on any atom is -0.450 e. The minimum absolute atomic E-state index is 0.0889. The quantitative estimate of drug-likeness (QED) is 0.679. The molecular formula is C16H9F2NO2. The van der Waals surface area contributed by atoms with Gasteiger partial charge in [-0.15, -0.1) is 0 Å². The van der Waals surface area contributed by atoms with E-state index >= 15 is 0 Å². The number of aldehydes is 1. The van der Waals surface area contributed by atoms with E-state index in [1.54, 1.807) is 6.07 Å². The van der Waals surface area contributed by atoms with Gasteiger partial charge < -0.3 is 4.74 Å². The van der Waals surface area contributed by atoms with E-state index in [1.807, 2.05) is 24.3 Å². The summed E-state index contributed by atoms with van der Waals surface area (Å²) in [5, 5.41) is 0.792. The Morgan fingerprint density at radius 3 is 2.48 bits per heavy atom. The first-order chi connectivity index (χ1) is 10.2. The highest BCUT2D eigenvalue weighted by molar-refractivity contribution is 5.79. The van der Waals surface area contributed by atoms with E-state index in [9.17, 15) is 13.6 Å². The van der Waals surface area contributed by atoms with Crippen molar-refractivity contribution in [2.75, 3.05) is 0 Å². The zero-order valence-electron chi connectivity index (χ0n) is 10.7. The van der Waals surface area contributed by atoms with Gasteiger partial charge >= 0.3 is 0 Å². The summed E-state index contributed by atoms with van der Waals surface area (Å²) >= 11 is 0. The fraction of sp³-hybridized carbons (Fsp3) is 0. The second-order valence-electron chi connectivity index (χ2n) is 4.40. The third kappa shape index (κ3) is 2.58. The van der Waals surface area contributed by atoms with Gasteiger partial charge in [0.1, 0.15) is 12.0 Å². The molecule has 0 spiro atoms. The van der Waals surface area contributed by atoms with Gasteiger partial charge in [0.25, 0.3) is 0 Å². The Labute approximate surface area is 118 Å². The van der Waals surface area contributed by atoms with Crippen LogP contribution in [-0.4, -0.2) is 11.3 Å². The van der Waals surface area contributed by atoms with Crippen molar-refractivity contribution in [1.29, 1.82) is 0 Å². The number of fused-ring (bicyclic) bond motifs is 1. The summed E-state index contributed by atoms with van der Waals surface area (Å²) in [5.41, 5.74) is 0.663. The van der Waals surface area contributed by atoms with Gasteiger partial charge in [-0.2, -0.15) is 0 Å². The summed E-state index contributed by atoms with van der Waals surface area (Å²) in [6.07, 6.45) is 1.75. The molecule has 0 saturated carbocycles. The number of nitrogens with zero attached hydrogens (tertiary/aromatic N) is 1. The lowest BCUT2D eigenvalue weighted by molar-refractivity contribution is 0.112. The molecule has 0 atom stereocenters. The molecule has 0 radical (unpaired) electrons. The number of aromatic nitrogens is 1. The molecule has 0 unspecified atom stereocenters. The fourth-order valence-corrected chi connectivity index (χ4v) is 1.97. The molecule has 2 aromatic carbocycles. The van der Waals surface area contributed by atoms with E-state index in [0.717, 1.165) is 23.0 Å². The van der Waals surface area contributed by atoms with Crippen LogP contribution in [0.2, 0.25) is 0 Å². The normalized spacial score (nSPS) is 10.6. The van der Waals surface area contributed by atoms with Crippen molar-refractivity contribution in [3.63, 3.8) is 0 Å². The van der Waals surface area contributed by atoms with E-state index in [4.69, 9.17) is 4.74 Å². The van der Waals surface area contributed by atoms with Crippen molar-refractivity contribution in [2.24, 2.45) is 0 Å². The van der Waals surface area contributed by atoms with Gasteiger partial charge in [-0.1, -0.05) is 18.2 Å². The summed E-state index contributed by atoms with van der Waals surface area (Å²) in [6.45, 7) is 0. The number of ether oxygens (including phenoxy) is 1. The predicted octanol–water partition coefficient (Wildman–Crippen LogP) is 4.12. The number of halogens is 2. The Balaban J connectivity index is 2.00. The zero-order valence-corrected chi connectivity index (χ0v) is 10.7. The van der Waals surface area contributed by atoms with Crippen LogP contribution in [0.5, 0.6) is 11.5 Å². The number of hydrogen-bond acceptors (Lipinski definition) is 3. The minimum atomic E-state index is -0.940. The second kappa shape index (κ2) is 5.28. The van der Waals surface area contributed by atoms with Crippen molar-refractivity contribution in [3.05, 3.63) is 65.9 Å². The predicted molar refractivity (Wildman–Crippen MR) is 73.6 cm³/mol. The largest absolute Gasteiger partial charge is 0.450 e. The Morgan fingerprint density at radius 2 is 1.76 bits per heavy atom. The smallest absolute Gasteiger partial charge is 0.198 e. The first-order valence-corrected chi connectivity index (χ1v) is 6.14. The summed E-state index contributed by atoms with van der Waals surface area (Å²) < 4.78 is 32.7. The summed E-state index contributed by atoms with van der Waals surface area (Å²) in [6, 6.07) is 10.8. The van der Waals surface area contributed by atoms with Crippen LogP contribution in [0, 0.1) is 11.6 Å².